The predicted molar refractivity (Wildman–Crippen MR) is 79.8 cm³/mol. The monoisotopic (exact) mass is 279 g/mol. The zero-order valence-electron chi connectivity index (χ0n) is 11.7. The number of benzene rings is 2. The topological polar surface area (TPSA) is 53.2 Å². The van der Waals surface area contributed by atoms with E-state index in [4.69, 9.17) is 4.74 Å². The number of ether oxygens (including phenoxy) is 1. The molecule has 0 bridgehead atoms. The molecule has 106 valence electrons. The van der Waals surface area contributed by atoms with Crippen molar-refractivity contribution in [2.24, 2.45) is 5.41 Å². The molecular formula is C18H17NO2. The summed E-state index contributed by atoms with van der Waals surface area (Å²) in [7, 11) is 0. The lowest BCUT2D eigenvalue weighted by molar-refractivity contribution is 0.00785. The van der Waals surface area contributed by atoms with Gasteiger partial charge in [-0.1, -0.05) is 36.8 Å². The van der Waals surface area contributed by atoms with Crippen LogP contribution in [0.5, 0.6) is 11.5 Å². The van der Waals surface area contributed by atoms with Crippen LogP contribution in [-0.2, 0) is 0 Å². The Morgan fingerprint density at radius 3 is 2.38 bits per heavy atom. The van der Waals surface area contributed by atoms with Gasteiger partial charge in [-0.25, -0.2) is 0 Å². The second-order valence-electron chi connectivity index (χ2n) is 5.51. The molecule has 1 aliphatic carbocycles. The van der Waals surface area contributed by atoms with E-state index in [1.165, 1.54) is 0 Å². The van der Waals surface area contributed by atoms with E-state index in [1.54, 1.807) is 0 Å². The van der Waals surface area contributed by atoms with Gasteiger partial charge < -0.3 is 9.84 Å². The van der Waals surface area contributed by atoms with E-state index in [2.05, 4.69) is 6.07 Å². The van der Waals surface area contributed by atoms with Gasteiger partial charge in [0, 0.05) is 0 Å². The first-order chi connectivity index (χ1) is 10.2. The third kappa shape index (κ3) is 2.63. The molecule has 3 rings (SSSR count). The molecule has 2 aromatic rings. The Kier molecular flexibility index (Phi) is 3.64. The average Bonchev–Trinajstić information content (AvgIpc) is 2.48. The lowest BCUT2D eigenvalue weighted by atomic mass is 9.65. The van der Waals surface area contributed by atoms with E-state index in [0.29, 0.717) is 5.75 Å². The van der Waals surface area contributed by atoms with E-state index in [9.17, 15) is 10.4 Å². The van der Waals surface area contributed by atoms with Crippen LogP contribution in [0.15, 0.2) is 54.6 Å². The number of para-hydroxylation sites is 1. The molecule has 0 aromatic heterocycles. The third-order valence-electron chi connectivity index (χ3n) is 4.14. The third-order valence-corrected chi connectivity index (χ3v) is 4.14. The highest BCUT2D eigenvalue weighted by Gasteiger charge is 2.44. The normalized spacial score (nSPS) is 17.3. The maximum Gasteiger partial charge on any atom is 0.127 e. The predicted octanol–water partition coefficient (Wildman–Crippen LogP) is 4.21. The van der Waals surface area contributed by atoms with Gasteiger partial charge in [0.25, 0.3) is 0 Å². The highest BCUT2D eigenvalue weighted by atomic mass is 16.5. The average molecular weight is 279 g/mol. The SMILES string of the molecule is N#CC1(C(O)c2cccc(Oc3ccccc3)c2)CCC1. The molecule has 1 aliphatic rings. The zero-order chi connectivity index (χ0) is 14.7. The van der Waals surface area contributed by atoms with Crippen molar-refractivity contribution in [3.8, 4) is 17.6 Å². The molecule has 1 saturated carbocycles. The van der Waals surface area contributed by atoms with Gasteiger partial charge in [-0.15, -0.1) is 0 Å². The van der Waals surface area contributed by atoms with Crippen molar-refractivity contribution in [3.05, 3.63) is 60.2 Å². The number of hydrogen-bond donors (Lipinski definition) is 1. The van der Waals surface area contributed by atoms with E-state index in [1.807, 2.05) is 54.6 Å². The summed E-state index contributed by atoms with van der Waals surface area (Å²) in [6.07, 6.45) is 1.77. The highest BCUT2D eigenvalue weighted by molar-refractivity contribution is 5.36. The van der Waals surface area contributed by atoms with Crippen molar-refractivity contribution < 1.29 is 9.84 Å². The van der Waals surface area contributed by atoms with Gasteiger partial charge in [0.1, 0.15) is 11.5 Å². The molecule has 0 aliphatic heterocycles. The maximum absolute atomic E-state index is 10.5. The van der Waals surface area contributed by atoms with Crippen LogP contribution in [0.2, 0.25) is 0 Å². The summed E-state index contributed by atoms with van der Waals surface area (Å²) in [5.41, 5.74) is 0.121. The number of rotatable bonds is 4. The Labute approximate surface area is 124 Å². The quantitative estimate of drug-likeness (QED) is 0.912. The minimum atomic E-state index is -0.754. The van der Waals surface area contributed by atoms with Gasteiger partial charge in [0.15, 0.2) is 0 Å². The number of aliphatic hydroxyl groups is 1. The standard InChI is InChI=1S/C18H17NO2/c19-13-18(10-5-11-18)17(20)14-6-4-9-16(12-14)21-15-7-2-1-3-8-15/h1-4,6-9,12,17,20H,5,10-11H2. The lowest BCUT2D eigenvalue weighted by Crippen LogP contribution is -2.34. The molecular weight excluding hydrogens is 262 g/mol. The number of nitrogens with zero attached hydrogens (tertiary/aromatic N) is 1. The molecule has 1 atom stereocenters. The van der Waals surface area contributed by atoms with Crippen LogP contribution >= 0.6 is 0 Å². The maximum atomic E-state index is 10.5. The van der Waals surface area contributed by atoms with Gasteiger partial charge in [0.2, 0.25) is 0 Å². The molecule has 3 heteroatoms. The molecule has 0 radical (unpaired) electrons. The Hall–Kier alpha value is -2.31. The summed E-state index contributed by atoms with van der Waals surface area (Å²) < 4.78 is 5.77. The van der Waals surface area contributed by atoms with Gasteiger partial charge in [0.05, 0.1) is 17.6 Å². The van der Waals surface area contributed by atoms with Gasteiger partial charge in [-0.3, -0.25) is 0 Å². The molecule has 3 nitrogen and oxygen atoms in total. The Bertz CT molecular complexity index is 656. The first-order valence-corrected chi connectivity index (χ1v) is 7.16. The summed E-state index contributed by atoms with van der Waals surface area (Å²) in [5, 5.41) is 19.8. The largest absolute Gasteiger partial charge is 0.457 e. The molecule has 0 saturated heterocycles. The van der Waals surface area contributed by atoms with Crippen LogP contribution in [-0.4, -0.2) is 5.11 Å². The van der Waals surface area contributed by atoms with Crippen molar-refractivity contribution >= 4 is 0 Å². The summed E-state index contributed by atoms with van der Waals surface area (Å²) in [5.74, 6) is 1.42. The summed E-state index contributed by atoms with van der Waals surface area (Å²) >= 11 is 0. The van der Waals surface area contributed by atoms with Crippen LogP contribution in [0.4, 0.5) is 0 Å². The van der Waals surface area contributed by atoms with Crippen molar-refractivity contribution in [3.63, 3.8) is 0 Å². The van der Waals surface area contributed by atoms with Crippen molar-refractivity contribution in [1.82, 2.24) is 0 Å². The van der Waals surface area contributed by atoms with Gasteiger partial charge in [-0.2, -0.15) is 5.26 Å². The summed E-state index contributed by atoms with van der Waals surface area (Å²) in [4.78, 5) is 0. The molecule has 1 unspecified atom stereocenters. The van der Waals surface area contributed by atoms with Crippen LogP contribution in [0.3, 0.4) is 0 Å². The van der Waals surface area contributed by atoms with Crippen molar-refractivity contribution in [1.29, 1.82) is 5.26 Å². The fourth-order valence-corrected chi connectivity index (χ4v) is 2.70. The van der Waals surface area contributed by atoms with Gasteiger partial charge in [-0.05, 0) is 42.7 Å². The van der Waals surface area contributed by atoms with E-state index < -0.39 is 11.5 Å². The molecule has 0 heterocycles. The first kappa shape index (κ1) is 13.7. The minimum Gasteiger partial charge on any atom is -0.457 e. The van der Waals surface area contributed by atoms with Crippen molar-refractivity contribution in [2.45, 2.75) is 25.4 Å². The fraction of sp³-hybridized carbons (Fsp3) is 0.278. The number of hydrogen-bond acceptors (Lipinski definition) is 3. The van der Waals surface area contributed by atoms with E-state index >= 15 is 0 Å². The summed E-state index contributed by atoms with van der Waals surface area (Å²) in [6, 6.07) is 19.2. The number of aliphatic hydroxyl groups excluding tert-OH is 1. The van der Waals surface area contributed by atoms with Gasteiger partial charge >= 0.3 is 0 Å². The van der Waals surface area contributed by atoms with Crippen LogP contribution in [0.25, 0.3) is 0 Å². The minimum absolute atomic E-state index is 0.620. The highest BCUT2D eigenvalue weighted by Crippen LogP contribution is 2.50. The fourth-order valence-electron chi connectivity index (χ4n) is 2.70. The molecule has 1 fully saturated rings. The smallest absolute Gasteiger partial charge is 0.127 e. The summed E-state index contributed by atoms with van der Waals surface area (Å²) in [6.45, 7) is 0. The molecule has 0 spiro atoms. The van der Waals surface area contributed by atoms with Crippen LogP contribution in [0.1, 0.15) is 30.9 Å². The number of nitriles is 1. The van der Waals surface area contributed by atoms with Crippen molar-refractivity contribution in [2.75, 3.05) is 0 Å². The first-order valence-electron chi connectivity index (χ1n) is 7.16. The second-order valence-corrected chi connectivity index (χ2v) is 5.51. The van der Waals surface area contributed by atoms with Crippen LogP contribution in [0, 0.1) is 16.7 Å². The molecule has 0 amide bonds. The zero-order valence-corrected chi connectivity index (χ0v) is 11.7. The van der Waals surface area contributed by atoms with E-state index in [-0.39, 0.29) is 0 Å². The second kappa shape index (κ2) is 5.59. The Morgan fingerprint density at radius 1 is 1.05 bits per heavy atom. The Morgan fingerprint density at radius 2 is 1.76 bits per heavy atom. The lowest BCUT2D eigenvalue weighted by Gasteiger charge is -2.39. The Balaban J connectivity index is 1.82. The molecule has 21 heavy (non-hydrogen) atoms. The molecule has 2 aromatic carbocycles. The van der Waals surface area contributed by atoms with E-state index in [0.717, 1.165) is 30.6 Å². The van der Waals surface area contributed by atoms with Crippen LogP contribution < -0.4 is 4.74 Å². The molecule has 1 N–H and O–H groups in total.